The van der Waals surface area contributed by atoms with E-state index >= 15 is 0 Å². The van der Waals surface area contributed by atoms with Crippen LogP contribution in [0.1, 0.15) is 30.9 Å². The molecule has 178 valence electrons. The van der Waals surface area contributed by atoms with Crippen molar-refractivity contribution in [2.24, 2.45) is 10.9 Å². The first kappa shape index (κ1) is 27.9. The van der Waals surface area contributed by atoms with E-state index in [4.69, 9.17) is 14.5 Å². The predicted molar refractivity (Wildman–Crippen MR) is 136 cm³/mol. The maximum atomic E-state index is 11.7. The van der Waals surface area contributed by atoms with Crippen LogP contribution in [0, 0.1) is 12.8 Å². The molecular formula is C21H37IN4O4S. The van der Waals surface area contributed by atoms with Crippen LogP contribution in [0.3, 0.4) is 0 Å². The Morgan fingerprint density at radius 2 is 2.06 bits per heavy atom. The summed E-state index contributed by atoms with van der Waals surface area (Å²) in [5.41, 5.74) is 2.17. The largest absolute Gasteiger partial charge is 0.493 e. The summed E-state index contributed by atoms with van der Waals surface area (Å²) in [7, 11) is -1.43. The van der Waals surface area contributed by atoms with Gasteiger partial charge in [0.15, 0.2) is 5.96 Å². The second-order valence-electron chi connectivity index (χ2n) is 7.66. The highest BCUT2D eigenvalue weighted by Gasteiger charge is 2.28. The van der Waals surface area contributed by atoms with Crippen molar-refractivity contribution in [2.45, 2.75) is 33.2 Å². The van der Waals surface area contributed by atoms with E-state index in [2.05, 4.69) is 22.8 Å². The normalized spacial score (nSPS) is 17.3. The summed E-state index contributed by atoms with van der Waals surface area (Å²) >= 11 is 0. The van der Waals surface area contributed by atoms with Crippen molar-refractivity contribution in [1.82, 2.24) is 14.9 Å². The van der Waals surface area contributed by atoms with Crippen LogP contribution in [-0.2, 0) is 21.3 Å². The Morgan fingerprint density at radius 3 is 2.71 bits per heavy atom. The summed E-state index contributed by atoms with van der Waals surface area (Å²) in [6.07, 6.45) is 2.96. The predicted octanol–water partition coefficient (Wildman–Crippen LogP) is 2.36. The lowest BCUT2D eigenvalue weighted by molar-refractivity contribution is 0.172. The zero-order chi connectivity index (χ0) is 22.0. The van der Waals surface area contributed by atoms with Crippen molar-refractivity contribution in [1.29, 1.82) is 0 Å². The Hall–Kier alpha value is -1.11. The highest BCUT2D eigenvalue weighted by atomic mass is 127. The van der Waals surface area contributed by atoms with Crippen LogP contribution in [0.15, 0.2) is 23.2 Å². The summed E-state index contributed by atoms with van der Waals surface area (Å²) in [5, 5.41) is 6.61. The minimum absolute atomic E-state index is 0. The number of nitrogens with one attached hydrogen (secondary N) is 2. The number of nitrogens with zero attached hydrogens (tertiary/aromatic N) is 2. The summed E-state index contributed by atoms with van der Waals surface area (Å²) in [4.78, 5) is 4.71. The molecule has 1 aromatic carbocycles. The topological polar surface area (TPSA) is 92.3 Å². The average Bonchev–Trinajstić information content (AvgIpc) is 3.18. The number of ether oxygens (including phenoxy) is 2. The van der Waals surface area contributed by atoms with Crippen LogP contribution >= 0.6 is 24.0 Å². The summed E-state index contributed by atoms with van der Waals surface area (Å²) in [6, 6.07) is 6.15. The van der Waals surface area contributed by atoms with Crippen LogP contribution in [-0.4, -0.2) is 71.4 Å². The minimum atomic E-state index is -3.11. The third-order valence-electron chi connectivity index (χ3n) is 5.00. The van der Waals surface area contributed by atoms with Crippen LogP contribution in [0.25, 0.3) is 0 Å². The lowest BCUT2D eigenvalue weighted by atomic mass is 10.1. The van der Waals surface area contributed by atoms with Gasteiger partial charge in [-0.25, -0.2) is 17.7 Å². The van der Waals surface area contributed by atoms with Gasteiger partial charge in [0.1, 0.15) is 5.75 Å². The highest BCUT2D eigenvalue weighted by Crippen LogP contribution is 2.22. The van der Waals surface area contributed by atoms with Gasteiger partial charge in [0.2, 0.25) is 10.0 Å². The molecule has 1 aliphatic heterocycles. The van der Waals surface area contributed by atoms with E-state index < -0.39 is 10.0 Å². The average molecular weight is 569 g/mol. The fourth-order valence-electron chi connectivity index (χ4n) is 3.32. The Kier molecular flexibility index (Phi) is 12.7. The van der Waals surface area contributed by atoms with Gasteiger partial charge in [-0.15, -0.1) is 24.0 Å². The SMILES string of the molecule is CCNC(=NCc1ccc(C)cc1OCCCOC)NCC1CCN(S(C)(=O)=O)C1.I. The Balaban J connectivity index is 0.00000480. The second kappa shape index (κ2) is 14.1. The molecule has 1 saturated heterocycles. The number of sulfonamides is 1. The standard InChI is InChI=1S/C21H36N4O4S.HI/c1-5-22-21(23-14-18-9-10-25(16-18)30(4,26)27)24-15-19-8-7-17(2)13-20(19)29-12-6-11-28-3;/h7-8,13,18H,5-6,9-12,14-16H2,1-4H3,(H2,22,23,24);1H. The van der Waals surface area contributed by atoms with E-state index in [-0.39, 0.29) is 29.9 Å². The number of aliphatic imine (C=N–C) groups is 1. The molecule has 1 unspecified atom stereocenters. The van der Waals surface area contributed by atoms with Crippen LogP contribution in [0.4, 0.5) is 0 Å². The van der Waals surface area contributed by atoms with Crippen LogP contribution in [0.2, 0.25) is 0 Å². The number of hydrogen-bond donors (Lipinski definition) is 2. The van der Waals surface area contributed by atoms with E-state index in [1.807, 2.05) is 19.9 Å². The molecule has 1 fully saturated rings. The van der Waals surface area contributed by atoms with Gasteiger partial charge in [0.25, 0.3) is 0 Å². The Labute approximate surface area is 204 Å². The number of halogens is 1. The molecule has 1 heterocycles. The molecular weight excluding hydrogens is 531 g/mol. The third-order valence-corrected chi connectivity index (χ3v) is 6.27. The van der Waals surface area contributed by atoms with Gasteiger partial charge < -0.3 is 20.1 Å². The van der Waals surface area contributed by atoms with Gasteiger partial charge in [0.05, 0.1) is 19.4 Å². The van der Waals surface area contributed by atoms with E-state index in [0.717, 1.165) is 42.2 Å². The van der Waals surface area contributed by atoms with Crippen molar-refractivity contribution < 1.29 is 17.9 Å². The molecule has 2 rings (SSSR count). The first-order chi connectivity index (χ1) is 14.3. The first-order valence-electron chi connectivity index (χ1n) is 10.5. The maximum Gasteiger partial charge on any atom is 0.211 e. The Morgan fingerprint density at radius 1 is 1.29 bits per heavy atom. The molecule has 0 aliphatic carbocycles. The quantitative estimate of drug-likeness (QED) is 0.184. The zero-order valence-corrected chi connectivity index (χ0v) is 22.2. The lowest BCUT2D eigenvalue weighted by Gasteiger charge is -2.16. The van der Waals surface area contributed by atoms with Crippen molar-refractivity contribution in [2.75, 3.05) is 52.8 Å². The number of rotatable bonds is 11. The molecule has 1 aromatic rings. The van der Waals surface area contributed by atoms with Gasteiger partial charge in [-0.05, 0) is 37.8 Å². The van der Waals surface area contributed by atoms with Crippen molar-refractivity contribution in [3.8, 4) is 5.75 Å². The van der Waals surface area contributed by atoms with E-state index in [1.165, 1.54) is 6.26 Å². The summed E-state index contributed by atoms with van der Waals surface area (Å²) in [6.45, 7) is 8.42. The molecule has 10 heteroatoms. The highest BCUT2D eigenvalue weighted by molar-refractivity contribution is 14.0. The summed E-state index contributed by atoms with van der Waals surface area (Å²) < 4.78 is 36.0. The van der Waals surface area contributed by atoms with Gasteiger partial charge in [-0.2, -0.15) is 0 Å². The number of benzene rings is 1. The monoisotopic (exact) mass is 568 g/mol. The number of hydrogen-bond acceptors (Lipinski definition) is 5. The van der Waals surface area contributed by atoms with Crippen molar-refractivity contribution in [3.05, 3.63) is 29.3 Å². The molecule has 0 spiro atoms. The number of methoxy groups -OCH3 is 1. The van der Waals surface area contributed by atoms with Gasteiger partial charge >= 0.3 is 0 Å². The minimum Gasteiger partial charge on any atom is -0.493 e. The molecule has 1 aliphatic rings. The smallest absolute Gasteiger partial charge is 0.211 e. The molecule has 8 nitrogen and oxygen atoms in total. The van der Waals surface area contributed by atoms with Gasteiger partial charge in [0, 0.05) is 51.9 Å². The fraction of sp³-hybridized carbons (Fsp3) is 0.667. The lowest BCUT2D eigenvalue weighted by Crippen LogP contribution is -2.40. The Bertz CT molecular complexity index is 805. The van der Waals surface area contributed by atoms with Crippen molar-refractivity contribution >= 4 is 40.0 Å². The van der Waals surface area contributed by atoms with Gasteiger partial charge in [-0.1, -0.05) is 12.1 Å². The third kappa shape index (κ3) is 9.92. The van der Waals surface area contributed by atoms with Crippen molar-refractivity contribution in [3.63, 3.8) is 0 Å². The molecule has 2 N–H and O–H groups in total. The molecule has 0 radical (unpaired) electrons. The van der Waals surface area contributed by atoms with Crippen LogP contribution < -0.4 is 15.4 Å². The number of guanidine groups is 1. The molecule has 1 atom stereocenters. The molecule has 31 heavy (non-hydrogen) atoms. The van der Waals surface area contributed by atoms with E-state index in [0.29, 0.717) is 39.4 Å². The van der Waals surface area contributed by atoms with Gasteiger partial charge in [-0.3, -0.25) is 0 Å². The fourth-order valence-corrected chi connectivity index (χ4v) is 4.24. The maximum absolute atomic E-state index is 11.7. The molecule has 0 amide bonds. The van der Waals surface area contributed by atoms with E-state index in [1.54, 1.807) is 11.4 Å². The zero-order valence-electron chi connectivity index (χ0n) is 19.0. The molecule has 0 bridgehead atoms. The molecule has 0 aromatic heterocycles. The summed E-state index contributed by atoms with van der Waals surface area (Å²) in [5.74, 6) is 1.86. The number of aryl methyl sites for hydroxylation is 1. The first-order valence-corrected chi connectivity index (χ1v) is 12.4. The molecule has 0 saturated carbocycles. The second-order valence-corrected chi connectivity index (χ2v) is 9.64. The van der Waals surface area contributed by atoms with Crippen LogP contribution in [0.5, 0.6) is 5.75 Å². The van der Waals surface area contributed by atoms with E-state index in [9.17, 15) is 8.42 Å².